The first kappa shape index (κ1) is 13.9. The van der Waals surface area contributed by atoms with Crippen molar-refractivity contribution in [1.82, 2.24) is 24.8 Å². The number of nitrogens with zero attached hydrogens (tertiary/aromatic N) is 3. The first-order valence-electron chi connectivity index (χ1n) is 6.02. The molecule has 8 nitrogen and oxygen atoms in total. The third-order valence-electron chi connectivity index (χ3n) is 3.13. The number of sulfonamides is 1. The third-order valence-corrected chi connectivity index (χ3v) is 4.42. The predicted molar refractivity (Wildman–Crippen MR) is 67.5 cm³/mol. The van der Waals surface area contributed by atoms with Crippen molar-refractivity contribution in [1.29, 1.82) is 0 Å². The molecule has 2 rings (SSSR count). The summed E-state index contributed by atoms with van der Waals surface area (Å²) >= 11 is 0. The van der Waals surface area contributed by atoms with Crippen LogP contribution in [0.5, 0.6) is 0 Å². The summed E-state index contributed by atoms with van der Waals surface area (Å²) in [4.78, 5) is 16.1. The number of hydrogen-bond donors (Lipinski definition) is 2. The fourth-order valence-corrected chi connectivity index (χ4v) is 3.32. The fourth-order valence-electron chi connectivity index (χ4n) is 2.20. The molecule has 0 saturated carbocycles. The molecular formula is C10H17N5O3S. The molecule has 1 fully saturated rings. The van der Waals surface area contributed by atoms with Crippen LogP contribution < -0.4 is 5.32 Å². The Bertz CT molecular complexity index is 542. The Kier molecular flexibility index (Phi) is 3.85. The van der Waals surface area contributed by atoms with E-state index in [-0.39, 0.29) is 11.9 Å². The van der Waals surface area contributed by atoms with E-state index < -0.39 is 16.1 Å². The molecule has 1 aliphatic heterocycles. The van der Waals surface area contributed by atoms with Gasteiger partial charge in [-0.3, -0.25) is 9.89 Å². The van der Waals surface area contributed by atoms with Gasteiger partial charge in [0.1, 0.15) is 18.2 Å². The van der Waals surface area contributed by atoms with E-state index in [0.717, 1.165) is 6.26 Å². The zero-order valence-electron chi connectivity index (χ0n) is 10.8. The molecule has 2 unspecified atom stereocenters. The minimum atomic E-state index is -3.35. The summed E-state index contributed by atoms with van der Waals surface area (Å²) < 4.78 is 24.4. The van der Waals surface area contributed by atoms with Gasteiger partial charge < -0.3 is 5.32 Å². The Labute approximate surface area is 111 Å². The molecule has 9 heteroatoms. The topological polar surface area (TPSA) is 108 Å². The van der Waals surface area contributed by atoms with Gasteiger partial charge in [0, 0.05) is 6.54 Å². The van der Waals surface area contributed by atoms with Gasteiger partial charge in [-0.05, 0) is 19.8 Å². The lowest BCUT2D eigenvalue weighted by molar-refractivity contribution is -0.124. The van der Waals surface area contributed by atoms with Crippen LogP contribution in [0.25, 0.3) is 0 Å². The lowest BCUT2D eigenvalue weighted by atomic mass is 10.2. The highest BCUT2D eigenvalue weighted by molar-refractivity contribution is 7.88. The molecule has 19 heavy (non-hydrogen) atoms. The van der Waals surface area contributed by atoms with Gasteiger partial charge in [-0.25, -0.2) is 13.4 Å². The van der Waals surface area contributed by atoms with Gasteiger partial charge in [0.05, 0.1) is 12.3 Å². The largest absolute Gasteiger partial charge is 0.345 e. The number of amides is 1. The van der Waals surface area contributed by atoms with E-state index in [1.54, 1.807) is 6.92 Å². The van der Waals surface area contributed by atoms with Crippen molar-refractivity contribution in [2.75, 3.05) is 12.8 Å². The van der Waals surface area contributed by atoms with Crippen LogP contribution in [0.4, 0.5) is 0 Å². The van der Waals surface area contributed by atoms with E-state index in [1.165, 1.54) is 10.6 Å². The SMILES string of the molecule is CC(NC(=O)C1CCCN1S(C)(=O)=O)c1ncn[nH]1. The molecule has 0 radical (unpaired) electrons. The Hall–Kier alpha value is -1.48. The molecule has 0 spiro atoms. The van der Waals surface area contributed by atoms with Gasteiger partial charge in [-0.15, -0.1) is 0 Å². The van der Waals surface area contributed by atoms with E-state index in [1.807, 2.05) is 0 Å². The molecule has 106 valence electrons. The zero-order chi connectivity index (χ0) is 14.0. The first-order chi connectivity index (χ1) is 8.89. The summed E-state index contributed by atoms with van der Waals surface area (Å²) in [5, 5.41) is 9.12. The van der Waals surface area contributed by atoms with E-state index in [0.29, 0.717) is 25.2 Å². The van der Waals surface area contributed by atoms with Crippen LogP contribution in [0.3, 0.4) is 0 Å². The Morgan fingerprint density at radius 3 is 2.95 bits per heavy atom. The number of aromatic amines is 1. The monoisotopic (exact) mass is 287 g/mol. The summed E-state index contributed by atoms with van der Waals surface area (Å²) in [7, 11) is -3.35. The van der Waals surface area contributed by atoms with Gasteiger partial charge in [-0.1, -0.05) is 0 Å². The first-order valence-corrected chi connectivity index (χ1v) is 7.87. The number of hydrogen-bond acceptors (Lipinski definition) is 5. The molecule has 1 amide bonds. The van der Waals surface area contributed by atoms with Crippen LogP contribution in [0.15, 0.2) is 6.33 Å². The van der Waals surface area contributed by atoms with Crippen molar-refractivity contribution < 1.29 is 13.2 Å². The second kappa shape index (κ2) is 5.25. The van der Waals surface area contributed by atoms with E-state index in [2.05, 4.69) is 20.5 Å². The zero-order valence-corrected chi connectivity index (χ0v) is 11.6. The number of carbonyl (C=O) groups excluding carboxylic acids is 1. The van der Waals surface area contributed by atoms with Crippen molar-refractivity contribution in [2.24, 2.45) is 0 Å². The van der Waals surface area contributed by atoms with Crippen LogP contribution in [-0.4, -0.2) is 52.7 Å². The Morgan fingerprint density at radius 2 is 2.37 bits per heavy atom. The molecule has 1 saturated heterocycles. The standard InChI is InChI=1S/C10H17N5O3S/c1-7(9-11-6-12-14-9)13-10(16)8-4-3-5-15(8)19(2,17)18/h6-8H,3-5H2,1-2H3,(H,13,16)(H,11,12,14). The van der Waals surface area contributed by atoms with Crippen LogP contribution in [-0.2, 0) is 14.8 Å². The summed E-state index contributed by atoms with van der Waals surface area (Å²) in [5.74, 6) is 0.240. The average molecular weight is 287 g/mol. The van der Waals surface area contributed by atoms with Crippen molar-refractivity contribution in [3.8, 4) is 0 Å². The number of nitrogens with one attached hydrogen (secondary N) is 2. The van der Waals surface area contributed by atoms with Crippen molar-refractivity contribution in [3.05, 3.63) is 12.2 Å². The molecule has 2 heterocycles. The molecule has 0 aromatic carbocycles. The minimum Gasteiger partial charge on any atom is -0.345 e. The maximum absolute atomic E-state index is 12.1. The van der Waals surface area contributed by atoms with Gasteiger partial charge in [0.15, 0.2) is 0 Å². The third kappa shape index (κ3) is 3.10. The van der Waals surface area contributed by atoms with Gasteiger partial charge in [0.2, 0.25) is 15.9 Å². The molecular weight excluding hydrogens is 270 g/mol. The van der Waals surface area contributed by atoms with Gasteiger partial charge in [0.25, 0.3) is 0 Å². The second-order valence-corrected chi connectivity index (χ2v) is 6.57. The summed E-state index contributed by atoms with van der Waals surface area (Å²) in [6.45, 7) is 2.16. The maximum Gasteiger partial charge on any atom is 0.239 e. The summed E-state index contributed by atoms with van der Waals surface area (Å²) in [6.07, 6.45) is 3.72. The Morgan fingerprint density at radius 1 is 1.63 bits per heavy atom. The average Bonchev–Trinajstić information content (AvgIpc) is 2.99. The van der Waals surface area contributed by atoms with Gasteiger partial charge in [-0.2, -0.15) is 9.40 Å². The lowest BCUT2D eigenvalue weighted by Crippen LogP contribution is -2.46. The van der Waals surface area contributed by atoms with E-state index >= 15 is 0 Å². The molecule has 1 aromatic rings. The number of carbonyl (C=O) groups is 1. The predicted octanol–water partition coefficient (Wildman–Crippen LogP) is -0.594. The highest BCUT2D eigenvalue weighted by Crippen LogP contribution is 2.21. The molecule has 2 atom stereocenters. The fraction of sp³-hybridized carbons (Fsp3) is 0.700. The van der Waals surface area contributed by atoms with Crippen LogP contribution in [0, 0.1) is 0 Å². The maximum atomic E-state index is 12.1. The van der Waals surface area contributed by atoms with Crippen molar-refractivity contribution in [3.63, 3.8) is 0 Å². The van der Waals surface area contributed by atoms with E-state index in [9.17, 15) is 13.2 Å². The van der Waals surface area contributed by atoms with Crippen LogP contribution in [0.2, 0.25) is 0 Å². The molecule has 1 aromatic heterocycles. The minimum absolute atomic E-state index is 0.299. The molecule has 0 bridgehead atoms. The highest BCUT2D eigenvalue weighted by Gasteiger charge is 2.36. The molecule has 1 aliphatic rings. The van der Waals surface area contributed by atoms with Gasteiger partial charge >= 0.3 is 0 Å². The smallest absolute Gasteiger partial charge is 0.239 e. The van der Waals surface area contributed by atoms with Crippen molar-refractivity contribution >= 4 is 15.9 Å². The van der Waals surface area contributed by atoms with Crippen LogP contribution >= 0.6 is 0 Å². The lowest BCUT2D eigenvalue weighted by Gasteiger charge is -2.22. The quantitative estimate of drug-likeness (QED) is 0.769. The van der Waals surface area contributed by atoms with Crippen molar-refractivity contribution in [2.45, 2.75) is 31.8 Å². The highest BCUT2D eigenvalue weighted by atomic mass is 32.2. The Balaban J connectivity index is 2.04. The molecule has 2 N–H and O–H groups in total. The second-order valence-electron chi connectivity index (χ2n) is 4.63. The van der Waals surface area contributed by atoms with Crippen LogP contribution in [0.1, 0.15) is 31.6 Å². The molecule has 0 aliphatic carbocycles. The number of aromatic nitrogens is 3. The normalized spacial score (nSPS) is 22.3. The summed E-state index contributed by atoms with van der Waals surface area (Å²) in [5.41, 5.74) is 0. The number of rotatable bonds is 4. The summed E-state index contributed by atoms with van der Waals surface area (Å²) in [6, 6.07) is -0.961. The van der Waals surface area contributed by atoms with E-state index in [4.69, 9.17) is 0 Å². The number of H-pyrrole nitrogens is 1.